The van der Waals surface area contributed by atoms with Crippen molar-refractivity contribution in [2.45, 2.75) is 26.7 Å². The van der Waals surface area contributed by atoms with Gasteiger partial charge >= 0.3 is 0 Å². The number of aromatic nitrogens is 1. The average molecular weight is 284 g/mol. The monoisotopic (exact) mass is 284 g/mol. The van der Waals surface area contributed by atoms with Crippen LogP contribution in [-0.2, 0) is 4.74 Å². The molecule has 110 valence electrons. The number of nitrogens with zero attached hydrogens (tertiary/aromatic N) is 1. The van der Waals surface area contributed by atoms with Crippen molar-refractivity contribution in [3.63, 3.8) is 0 Å². The fourth-order valence-electron chi connectivity index (χ4n) is 2.99. The summed E-state index contributed by atoms with van der Waals surface area (Å²) in [7, 11) is 0. The average Bonchev–Trinajstić information content (AvgIpc) is 2.71. The normalized spacial score (nSPS) is 19.0. The van der Waals surface area contributed by atoms with Crippen LogP contribution in [-0.4, -0.2) is 11.6 Å². The highest BCUT2D eigenvalue weighted by atomic mass is 16.5. The van der Waals surface area contributed by atoms with Gasteiger partial charge in [0.15, 0.2) is 0 Å². The Morgan fingerprint density at radius 3 is 3.00 bits per heavy atom. The fraction of sp³-hybridized carbons (Fsp3) is 0.353. The molecule has 0 atom stereocenters. The molecule has 0 aromatic carbocycles. The Morgan fingerprint density at radius 1 is 1.38 bits per heavy atom. The van der Waals surface area contributed by atoms with Crippen molar-refractivity contribution in [3.8, 4) is 5.88 Å². The molecule has 0 amide bonds. The standard InChI is InChI=1S/C17H20N2O2/c1-17(2)9-12-11-20-7-5-14(12)15(17)6-8-21-16-4-3-13(18)10-19-16/h3-5,7,10-11H,6,8-9,18H2,1-2H3. The second-order valence-corrected chi connectivity index (χ2v) is 6.06. The highest BCUT2D eigenvalue weighted by Crippen LogP contribution is 2.48. The second-order valence-electron chi connectivity index (χ2n) is 6.06. The molecule has 1 aromatic heterocycles. The van der Waals surface area contributed by atoms with E-state index in [0.717, 1.165) is 12.8 Å². The van der Waals surface area contributed by atoms with Crippen LogP contribution >= 0.6 is 0 Å². The van der Waals surface area contributed by atoms with Gasteiger partial charge in [-0.3, -0.25) is 0 Å². The highest BCUT2D eigenvalue weighted by Gasteiger charge is 2.35. The molecular formula is C17H20N2O2. The van der Waals surface area contributed by atoms with E-state index in [1.165, 1.54) is 16.7 Å². The highest BCUT2D eigenvalue weighted by molar-refractivity contribution is 5.52. The summed E-state index contributed by atoms with van der Waals surface area (Å²) >= 11 is 0. The lowest BCUT2D eigenvalue weighted by atomic mass is 9.83. The molecule has 1 aliphatic carbocycles. The second kappa shape index (κ2) is 5.28. The Bertz CT molecular complexity index is 625. The van der Waals surface area contributed by atoms with Crippen molar-refractivity contribution < 1.29 is 9.47 Å². The first-order chi connectivity index (χ1) is 10.1. The smallest absolute Gasteiger partial charge is 0.213 e. The zero-order chi connectivity index (χ0) is 14.9. The van der Waals surface area contributed by atoms with Crippen LogP contribution < -0.4 is 10.5 Å². The minimum absolute atomic E-state index is 0.150. The Balaban J connectivity index is 1.69. The number of allylic oxidation sites excluding steroid dienone is 3. The van der Waals surface area contributed by atoms with E-state index >= 15 is 0 Å². The number of nitrogen functional groups attached to an aromatic ring is 1. The van der Waals surface area contributed by atoms with Gasteiger partial charge in [0, 0.05) is 12.5 Å². The lowest BCUT2D eigenvalue weighted by Gasteiger charge is -2.22. The Kier molecular flexibility index (Phi) is 3.45. The molecule has 2 heterocycles. The molecule has 0 saturated heterocycles. The van der Waals surface area contributed by atoms with Crippen LogP contribution in [0.25, 0.3) is 0 Å². The third-order valence-corrected chi connectivity index (χ3v) is 4.01. The molecule has 0 fully saturated rings. The molecule has 0 saturated carbocycles. The zero-order valence-corrected chi connectivity index (χ0v) is 12.4. The van der Waals surface area contributed by atoms with Crippen LogP contribution in [0.5, 0.6) is 5.88 Å². The van der Waals surface area contributed by atoms with E-state index in [2.05, 4.69) is 24.9 Å². The van der Waals surface area contributed by atoms with Crippen molar-refractivity contribution in [2.75, 3.05) is 12.3 Å². The largest absolute Gasteiger partial charge is 0.477 e. The van der Waals surface area contributed by atoms with Crippen molar-refractivity contribution in [2.24, 2.45) is 5.41 Å². The Hall–Kier alpha value is -2.23. The van der Waals surface area contributed by atoms with E-state index in [1.54, 1.807) is 24.6 Å². The molecule has 4 heteroatoms. The van der Waals surface area contributed by atoms with Gasteiger partial charge in [-0.15, -0.1) is 0 Å². The molecule has 0 unspecified atom stereocenters. The third-order valence-electron chi connectivity index (χ3n) is 4.01. The molecule has 1 aromatic rings. The number of hydrogen-bond donors (Lipinski definition) is 1. The maximum atomic E-state index is 5.72. The molecule has 0 radical (unpaired) electrons. The van der Waals surface area contributed by atoms with E-state index in [4.69, 9.17) is 15.2 Å². The number of hydrogen-bond acceptors (Lipinski definition) is 4. The molecule has 21 heavy (non-hydrogen) atoms. The summed E-state index contributed by atoms with van der Waals surface area (Å²) in [6.07, 6.45) is 9.16. The van der Waals surface area contributed by atoms with Crippen molar-refractivity contribution in [3.05, 3.63) is 53.6 Å². The Labute approximate surface area is 125 Å². The van der Waals surface area contributed by atoms with Crippen LogP contribution in [0.15, 0.2) is 53.6 Å². The Morgan fingerprint density at radius 2 is 2.24 bits per heavy atom. The molecule has 0 bridgehead atoms. The van der Waals surface area contributed by atoms with Gasteiger partial charge in [-0.05, 0) is 35.1 Å². The van der Waals surface area contributed by atoms with Crippen LogP contribution in [0.2, 0.25) is 0 Å². The summed E-state index contributed by atoms with van der Waals surface area (Å²) in [5, 5.41) is 0. The first-order valence-corrected chi connectivity index (χ1v) is 7.16. The van der Waals surface area contributed by atoms with Gasteiger partial charge in [0.05, 0.1) is 31.0 Å². The molecular weight excluding hydrogens is 264 g/mol. The molecule has 3 rings (SSSR count). The van der Waals surface area contributed by atoms with E-state index in [0.29, 0.717) is 18.2 Å². The van der Waals surface area contributed by atoms with Gasteiger partial charge < -0.3 is 15.2 Å². The summed E-state index contributed by atoms with van der Waals surface area (Å²) in [6, 6.07) is 3.60. The number of rotatable bonds is 4. The van der Waals surface area contributed by atoms with Crippen LogP contribution in [0.4, 0.5) is 5.69 Å². The van der Waals surface area contributed by atoms with E-state index in [9.17, 15) is 0 Å². The topological polar surface area (TPSA) is 57.4 Å². The third kappa shape index (κ3) is 2.79. The molecule has 1 aliphatic heterocycles. The van der Waals surface area contributed by atoms with Crippen LogP contribution in [0, 0.1) is 5.41 Å². The molecule has 0 spiro atoms. The van der Waals surface area contributed by atoms with Gasteiger partial charge in [-0.25, -0.2) is 4.98 Å². The fourth-order valence-corrected chi connectivity index (χ4v) is 2.99. The van der Waals surface area contributed by atoms with Gasteiger partial charge in [0.2, 0.25) is 5.88 Å². The number of anilines is 1. The van der Waals surface area contributed by atoms with E-state index in [1.807, 2.05) is 6.26 Å². The zero-order valence-electron chi connectivity index (χ0n) is 12.4. The summed E-state index contributed by atoms with van der Waals surface area (Å²) < 4.78 is 11.0. The first-order valence-electron chi connectivity index (χ1n) is 7.16. The van der Waals surface area contributed by atoms with Gasteiger partial charge in [-0.1, -0.05) is 19.4 Å². The summed E-state index contributed by atoms with van der Waals surface area (Å²) in [4.78, 5) is 4.15. The quantitative estimate of drug-likeness (QED) is 0.918. The van der Waals surface area contributed by atoms with Crippen LogP contribution in [0.3, 0.4) is 0 Å². The lowest BCUT2D eigenvalue weighted by Crippen LogP contribution is -2.13. The number of fused-ring (bicyclic) bond motifs is 1. The van der Waals surface area contributed by atoms with Crippen LogP contribution in [0.1, 0.15) is 26.7 Å². The summed E-state index contributed by atoms with van der Waals surface area (Å²) in [6.45, 7) is 5.15. The minimum atomic E-state index is 0.150. The van der Waals surface area contributed by atoms with E-state index < -0.39 is 0 Å². The predicted molar refractivity (Wildman–Crippen MR) is 82.5 cm³/mol. The van der Waals surface area contributed by atoms with Gasteiger partial charge in [0.1, 0.15) is 0 Å². The number of nitrogens with two attached hydrogens (primary N) is 1. The summed E-state index contributed by atoms with van der Waals surface area (Å²) in [5.41, 5.74) is 10.4. The predicted octanol–water partition coefficient (Wildman–Crippen LogP) is 3.59. The maximum absolute atomic E-state index is 5.72. The van der Waals surface area contributed by atoms with Crippen molar-refractivity contribution in [1.82, 2.24) is 4.98 Å². The number of ether oxygens (including phenoxy) is 2. The van der Waals surface area contributed by atoms with E-state index in [-0.39, 0.29) is 5.41 Å². The first kappa shape index (κ1) is 13.7. The molecule has 4 nitrogen and oxygen atoms in total. The van der Waals surface area contributed by atoms with Crippen molar-refractivity contribution >= 4 is 5.69 Å². The lowest BCUT2D eigenvalue weighted by molar-refractivity contribution is 0.296. The molecule has 2 aliphatic rings. The summed E-state index contributed by atoms with van der Waals surface area (Å²) in [5.74, 6) is 0.615. The minimum Gasteiger partial charge on any atom is -0.477 e. The van der Waals surface area contributed by atoms with Gasteiger partial charge in [0.25, 0.3) is 0 Å². The number of pyridine rings is 1. The van der Waals surface area contributed by atoms with Crippen molar-refractivity contribution in [1.29, 1.82) is 0 Å². The molecule has 2 N–H and O–H groups in total. The van der Waals surface area contributed by atoms with Gasteiger partial charge in [-0.2, -0.15) is 0 Å². The SMILES string of the molecule is CC1(C)CC2=COC=CC2=C1CCOc1ccc(N)cn1. The maximum Gasteiger partial charge on any atom is 0.213 e.